The minimum absolute atomic E-state index is 0.0491. The third kappa shape index (κ3) is 7.07. The first kappa shape index (κ1) is 27.8. The molecule has 1 N–H and O–H groups in total. The molecular formula is C33H42FN3O2. The Balaban J connectivity index is 1.17. The molecule has 2 aromatic rings. The third-order valence-electron chi connectivity index (χ3n) is 9.58. The topological polar surface area (TPSA) is 67.6 Å². The Morgan fingerprint density at radius 3 is 2.44 bits per heavy atom. The van der Waals surface area contributed by atoms with Crippen LogP contribution in [-0.4, -0.2) is 53.1 Å². The molecule has 2 heterocycles. The van der Waals surface area contributed by atoms with Crippen molar-refractivity contribution >= 4 is 5.97 Å². The van der Waals surface area contributed by atoms with Crippen LogP contribution in [-0.2, 0) is 11.2 Å². The maximum absolute atomic E-state index is 14.3. The van der Waals surface area contributed by atoms with E-state index in [9.17, 15) is 14.3 Å². The molecule has 0 spiro atoms. The fraction of sp³-hybridized carbons (Fsp3) is 0.576. The first-order valence-corrected chi connectivity index (χ1v) is 15.0. The van der Waals surface area contributed by atoms with Gasteiger partial charge in [0.05, 0.1) is 11.6 Å². The van der Waals surface area contributed by atoms with Gasteiger partial charge in [-0.15, -0.1) is 0 Å². The molecule has 1 aliphatic carbocycles. The van der Waals surface area contributed by atoms with E-state index in [0.717, 1.165) is 63.3 Å². The number of benzene rings is 2. The van der Waals surface area contributed by atoms with Crippen molar-refractivity contribution in [2.24, 2.45) is 17.8 Å². The van der Waals surface area contributed by atoms with Crippen LogP contribution in [0.4, 0.5) is 4.39 Å². The van der Waals surface area contributed by atoms with Gasteiger partial charge in [0.25, 0.3) is 0 Å². The molecule has 0 bridgehead atoms. The van der Waals surface area contributed by atoms with Gasteiger partial charge in [-0.1, -0.05) is 49.9 Å². The molecular weight excluding hydrogens is 489 g/mol. The summed E-state index contributed by atoms with van der Waals surface area (Å²) in [5.41, 5.74) is 2.95. The number of nitrogens with zero attached hydrogens (tertiary/aromatic N) is 3. The molecule has 3 fully saturated rings. The Morgan fingerprint density at radius 2 is 1.79 bits per heavy atom. The Hall–Kier alpha value is -2.75. The number of halogens is 1. The lowest BCUT2D eigenvalue weighted by molar-refractivity contribution is -0.145. The Labute approximate surface area is 232 Å². The monoisotopic (exact) mass is 531 g/mol. The minimum atomic E-state index is -0.731. The smallest absolute Gasteiger partial charge is 0.320 e. The first-order valence-electron chi connectivity index (χ1n) is 15.0. The molecule has 0 unspecified atom stereocenters. The molecule has 3 atom stereocenters. The lowest BCUT2D eigenvalue weighted by Gasteiger charge is -2.39. The average molecular weight is 532 g/mol. The van der Waals surface area contributed by atoms with Crippen LogP contribution in [0.1, 0.15) is 80.5 Å². The van der Waals surface area contributed by atoms with Gasteiger partial charge in [-0.3, -0.25) is 9.69 Å². The van der Waals surface area contributed by atoms with Crippen LogP contribution in [0.5, 0.6) is 0 Å². The van der Waals surface area contributed by atoms with Gasteiger partial charge in [0.15, 0.2) is 0 Å². The average Bonchev–Trinajstić information content (AvgIpc) is 3.32. The van der Waals surface area contributed by atoms with Crippen molar-refractivity contribution in [1.29, 1.82) is 5.26 Å². The fourth-order valence-electron chi connectivity index (χ4n) is 7.13. The number of carboxylic acid groups (broad SMARTS) is 1. The molecule has 2 aliphatic heterocycles. The lowest BCUT2D eigenvalue weighted by Crippen LogP contribution is -2.44. The number of piperidine rings is 1. The molecule has 2 saturated heterocycles. The van der Waals surface area contributed by atoms with Crippen molar-refractivity contribution in [3.05, 3.63) is 71.0 Å². The number of likely N-dealkylation sites (tertiary alicyclic amines) is 2. The Kier molecular flexibility index (Phi) is 9.32. The highest BCUT2D eigenvalue weighted by Gasteiger charge is 2.43. The predicted octanol–water partition coefficient (Wildman–Crippen LogP) is 6.44. The molecule has 0 radical (unpaired) electrons. The molecule has 3 aliphatic rings. The summed E-state index contributed by atoms with van der Waals surface area (Å²) in [4.78, 5) is 17.2. The molecule has 39 heavy (non-hydrogen) atoms. The van der Waals surface area contributed by atoms with Crippen molar-refractivity contribution in [2.75, 3.05) is 26.2 Å². The van der Waals surface area contributed by atoms with E-state index >= 15 is 0 Å². The van der Waals surface area contributed by atoms with Crippen molar-refractivity contribution in [3.63, 3.8) is 0 Å². The highest BCUT2D eigenvalue weighted by molar-refractivity contribution is 5.73. The van der Waals surface area contributed by atoms with E-state index in [4.69, 9.17) is 5.26 Å². The van der Waals surface area contributed by atoms with Gasteiger partial charge >= 0.3 is 5.97 Å². The van der Waals surface area contributed by atoms with Crippen LogP contribution >= 0.6 is 0 Å². The number of aryl methyl sites for hydroxylation is 1. The van der Waals surface area contributed by atoms with Crippen LogP contribution in [0.3, 0.4) is 0 Å². The van der Waals surface area contributed by atoms with Crippen LogP contribution in [0.15, 0.2) is 48.5 Å². The Morgan fingerprint density at radius 1 is 1.03 bits per heavy atom. The van der Waals surface area contributed by atoms with Crippen LogP contribution < -0.4 is 0 Å². The zero-order chi connectivity index (χ0) is 27.2. The summed E-state index contributed by atoms with van der Waals surface area (Å²) in [6, 6.07) is 16.4. The number of carbonyl (C=O) groups is 1. The second kappa shape index (κ2) is 13.1. The number of hydrogen-bond donors (Lipinski definition) is 1. The van der Waals surface area contributed by atoms with Gasteiger partial charge in [-0.25, -0.2) is 4.39 Å². The normalized spacial score (nSPS) is 23.8. The van der Waals surface area contributed by atoms with Gasteiger partial charge in [0, 0.05) is 19.1 Å². The SMILES string of the molecule is N#Cc1ccc(CCCC2CCN(C[C@@H]3CCN([C@H](CC4CCC4)C(=O)O)[C@@H]3c3cccc(F)c3)CC2)cc1. The number of nitriles is 1. The van der Waals surface area contributed by atoms with Gasteiger partial charge in [0.2, 0.25) is 0 Å². The quantitative estimate of drug-likeness (QED) is 0.361. The standard InChI is InChI=1S/C33H42FN3O2/c34-30-9-3-8-28(21-30)32-29(16-19-37(32)31(33(38)39)20-26-6-2-7-26)23-36-17-14-25(15-18-36)5-1-4-24-10-12-27(22-35)13-11-24/h3,8-13,21,25-26,29,31-32H,1-2,4-7,14-20,23H2,(H,38,39)/t29-,31+,32+/m0/s1. The molecule has 5 nitrogen and oxygen atoms in total. The second-order valence-corrected chi connectivity index (χ2v) is 12.1. The van der Waals surface area contributed by atoms with Crippen molar-refractivity contribution in [3.8, 4) is 6.07 Å². The Bertz CT molecular complexity index is 1130. The van der Waals surface area contributed by atoms with E-state index in [1.807, 2.05) is 18.2 Å². The largest absolute Gasteiger partial charge is 0.480 e. The molecule has 1 saturated carbocycles. The number of rotatable bonds is 11. The van der Waals surface area contributed by atoms with Crippen molar-refractivity contribution in [2.45, 2.75) is 76.3 Å². The fourth-order valence-corrected chi connectivity index (χ4v) is 7.13. The summed E-state index contributed by atoms with van der Waals surface area (Å²) < 4.78 is 14.3. The van der Waals surface area contributed by atoms with E-state index in [1.54, 1.807) is 12.1 Å². The van der Waals surface area contributed by atoms with Crippen LogP contribution in [0.2, 0.25) is 0 Å². The molecule has 0 amide bonds. The molecule has 6 heteroatoms. The molecule has 0 aromatic heterocycles. The molecule has 5 rings (SSSR count). The first-order chi connectivity index (χ1) is 19.0. The van der Waals surface area contributed by atoms with Gasteiger partial charge in [-0.05, 0) is 105 Å². The van der Waals surface area contributed by atoms with Crippen LogP contribution in [0.25, 0.3) is 0 Å². The van der Waals surface area contributed by atoms with E-state index in [-0.39, 0.29) is 11.9 Å². The van der Waals surface area contributed by atoms with E-state index in [0.29, 0.717) is 23.8 Å². The van der Waals surface area contributed by atoms with Crippen molar-refractivity contribution in [1.82, 2.24) is 9.80 Å². The lowest BCUT2D eigenvalue weighted by atomic mass is 9.80. The van der Waals surface area contributed by atoms with Gasteiger partial charge in [0.1, 0.15) is 11.9 Å². The van der Waals surface area contributed by atoms with Crippen LogP contribution in [0, 0.1) is 34.9 Å². The number of carboxylic acids is 1. The number of aliphatic carboxylic acids is 1. The summed E-state index contributed by atoms with van der Waals surface area (Å²) in [6.07, 6.45) is 11.0. The van der Waals surface area contributed by atoms with E-state index < -0.39 is 12.0 Å². The second-order valence-electron chi connectivity index (χ2n) is 12.1. The zero-order valence-electron chi connectivity index (χ0n) is 23.0. The number of hydrogen-bond acceptors (Lipinski definition) is 4. The van der Waals surface area contributed by atoms with Gasteiger partial charge < -0.3 is 10.0 Å². The van der Waals surface area contributed by atoms with Gasteiger partial charge in [-0.2, -0.15) is 5.26 Å². The minimum Gasteiger partial charge on any atom is -0.480 e. The summed E-state index contributed by atoms with van der Waals surface area (Å²) in [6.45, 7) is 3.88. The summed E-state index contributed by atoms with van der Waals surface area (Å²) in [5, 5.41) is 19.2. The summed E-state index contributed by atoms with van der Waals surface area (Å²) in [7, 11) is 0. The molecule has 2 aromatic carbocycles. The maximum atomic E-state index is 14.3. The maximum Gasteiger partial charge on any atom is 0.320 e. The zero-order valence-corrected chi connectivity index (χ0v) is 23.0. The summed E-state index contributed by atoms with van der Waals surface area (Å²) in [5.74, 6) is 0.589. The summed E-state index contributed by atoms with van der Waals surface area (Å²) >= 11 is 0. The highest BCUT2D eigenvalue weighted by atomic mass is 19.1. The third-order valence-corrected chi connectivity index (χ3v) is 9.58. The highest BCUT2D eigenvalue weighted by Crippen LogP contribution is 2.42. The van der Waals surface area contributed by atoms with Crippen molar-refractivity contribution < 1.29 is 14.3 Å². The van der Waals surface area contributed by atoms with E-state index in [1.165, 1.54) is 43.7 Å². The molecule has 208 valence electrons. The predicted molar refractivity (Wildman–Crippen MR) is 151 cm³/mol. The van der Waals surface area contributed by atoms with E-state index in [2.05, 4.69) is 28.0 Å².